The standard InChI is InChI=1S/C15H24O6/c1-7(2)18-13(16)11-12(14(17)19-8(3)4)21-15(20-11)10-6-9(10)5/h7-12,15H,6H2,1-5H3/t9-,10-,11-,12-/m0/s1. The molecule has 0 bridgehead atoms. The van der Waals surface area contributed by atoms with Crippen LogP contribution in [0.2, 0.25) is 0 Å². The molecular formula is C15H24O6. The maximum absolute atomic E-state index is 12.1. The lowest BCUT2D eigenvalue weighted by Gasteiger charge is -2.17. The Morgan fingerprint density at radius 2 is 1.33 bits per heavy atom. The largest absolute Gasteiger partial charge is 0.461 e. The molecule has 4 atom stereocenters. The van der Waals surface area contributed by atoms with E-state index in [2.05, 4.69) is 6.92 Å². The van der Waals surface area contributed by atoms with Crippen molar-refractivity contribution in [1.82, 2.24) is 0 Å². The minimum absolute atomic E-state index is 0.233. The molecule has 0 aromatic rings. The Balaban J connectivity index is 2.05. The molecule has 6 heteroatoms. The summed E-state index contributed by atoms with van der Waals surface area (Å²) in [5, 5.41) is 0. The Bertz CT molecular complexity index is 375. The highest BCUT2D eigenvalue weighted by atomic mass is 16.8. The van der Waals surface area contributed by atoms with Crippen LogP contribution in [0.15, 0.2) is 0 Å². The maximum atomic E-state index is 12.1. The molecule has 6 nitrogen and oxygen atoms in total. The van der Waals surface area contributed by atoms with Crippen LogP contribution in [-0.4, -0.2) is 42.6 Å². The van der Waals surface area contributed by atoms with Crippen LogP contribution in [-0.2, 0) is 28.5 Å². The second kappa shape index (κ2) is 6.32. The van der Waals surface area contributed by atoms with Crippen molar-refractivity contribution in [2.24, 2.45) is 11.8 Å². The van der Waals surface area contributed by atoms with Gasteiger partial charge < -0.3 is 18.9 Å². The topological polar surface area (TPSA) is 71.1 Å². The molecule has 120 valence electrons. The quantitative estimate of drug-likeness (QED) is 0.719. The van der Waals surface area contributed by atoms with Crippen molar-refractivity contribution < 1.29 is 28.5 Å². The Morgan fingerprint density at radius 3 is 1.62 bits per heavy atom. The van der Waals surface area contributed by atoms with E-state index in [0.717, 1.165) is 6.42 Å². The summed E-state index contributed by atoms with van der Waals surface area (Å²) in [6.45, 7) is 9.06. The monoisotopic (exact) mass is 300 g/mol. The molecule has 21 heavy (non-hydrogen) atoms. The summed E-state index contributed by atoms with van der Waals surface area (Å²) in [6.07, 6.45) is -2.20. The smallest absolute Gasteiger partial charge is 0.339 e. The number of rotatable bonds is 5. The second-order valence-corrected chi connectivity index (χ2v) is 6.33. The van der Waals surface area contributed by atoms with Crippen LogP contribution < -0.4 is 0 Å². The first kappa shape index (κ1) is 16.2. The van der Waals surface area contributed by atoms with Crippen molar-refractivity contribution >= 4 is 11.9 Å². The molecule has 0 unspecified atom stereocenters. The molecule has 0 aromatic carbocycles. The number of ether oxygens (including phenoxy) is 4. The van der Waals surface area contributed by atoms with Crippen LogP contribution in [0.5, 0.6) is 0 Å². The van der Waals surface area contributed by atoms with Crippen LogP contribution in [0.1, 0.15) is 41.0 Å². The van der Waals surface area contributed by atoms with Gasteiger partial charge in [0.05, 0.1) is 12.2 Å². The number of carbonyl (C=O) groups is 2. The van der Waals surface area contributed by atoms with E-state index in [0.29, 0.717) is 5.92 Å². The normalized spacial score (nSPS) is 32.5. The highest BCUT2D eigenvalue weighted by molar-refractivity contribution is 5.86. The molecule has 2 aliphatic rings. The van der Waals surface area contributed by atoms with Crippen molar-refractivity contribution in [2.45, 2.75) is 71.7 Å². The third-order valence-corrected chi connectivity index (χ3v) is 3.53. The maximum Gasteiger partial charge on any atom is 0.339 e. The number of esters is 2. The highest BCUT2D eigenvalue weighted by Gasteiger charge is 2.53. The fourth-order valence-electron chi connectivity index (χ4n) is 2.35. The minimum atomic E-state index is -1.04. The molecule has 2 rings (SSSR count). The van der Waals surface area contributed by atoms with Crippen LogP contribution >= 0.6 is 0 Å². The minimum Gasteiger partial charge on any atom is -0.461 e. The average molecular weight is 300 g/mol. The molecule has 1 aliphatic heterocycles. The lowest BCUT2D eigenvalue weighted by atomic mass is 10.2. The summed E-state index contributed by atoms with van der Waals surface area (Å²) >= 11 is 0. The van der Waals surface area contributed by atoms with E-state index in [9.17, 15) is 9.59 Å². The van der Waals surface area contributed by atoms with E-state index >= 15 is 0 Å². The molecule has 0 N–H and O–H groups in total. The van der Waals surface area contributed by atoms with Crippen LogP contribution in [0.25, 0.3) is 0 Å². The van der Waals surface area contributed by atoms with Crippen molar-refractivity contribution in [3.05, 3.63) is 0 Å². The third-order valence-electron chi connectivity index (χ3n) is 3.53. The SMILES string of the molecule is CC(C)OC(=O)[C@H]1OC([C@H]2C[C@@H]2C)O[C@@H]1C(=O)OC(C)C. The van der Waals surface area contributed by atoms with E-state index in [4.69, 9.17) is 18.9 Å². The van der Waals surface area contributed by atoms with Gasteiger partial charge in [0.15, 0.2) is 18.5 Å². The summed E-state index contributed by atoms with van der Waals surface area (Å²) in [7, 11) is 0. The van der Waals surface area contributed by atoms with Gasteiger partial charge in [-0.3, -0.25) is 0 Å². The zero-order chi connectivity index (χ0) is 15.7. The molecule has 0 spiro atoms. The van der Waals surface area contributed by atoms with Crippen LogP contribution in [0.3, 0.4) is 0 Å². The molecular weight excluding hydrogens is 276 g/mol. The van der Waals surface area contributed by atoms with E-state index in [1.165, 1.54) is 0 Å². The van der Waals surface area contributed by atoms with Gasteiger partial charge in [0.2, 0.25) is 0 Å². The Hall–Kier alpha value is -1.14. The first-order valence-electron chi connectivity index (χ1n) is 7.51. The fourth-order valence-corrected chi connectivity index (χ4v) is 2.35. The van der Waals surface area contributed by atoms with E-state index in [1.807, 2.05) is 0 Å². The van der Waals surface area contributed by atoms with E-state index in [1.54, 1.807) is 27.7 Å². The van der Waals surface area contributed by atoms with Gasteiger partial charge in [0, 0.05) is 5.92 Å². The zero-order valence-corrected chi connectivity index (χ0v) is 13.2. The van der Waals surface area contributed by atoms with Gasteiger partial charge in [-0.25, -0.2) is 9.59 Å². The zero-order valence-electron chi connectivity index (χ0n) is 13.2. The van der Waals surface area contributed by atoms with Gasteiger partial charge in [0.25, 0.3) is 0 Å². The van der Waals surface area contributed by atoms with Gasteiger partial charge in [0.1, 0.15) is 0 Å². The van der Waals surface area contributed by atoms with Crippen molar-refractivity contribution in [2.75, 3.05) is 0 Å². The molecule has 1 saturated carbocycles. The van der Waals surface area contributed by atoms with Gasteiger partial charge in [-0.15, -0.1) is 0 Å². The summed E-state index contributed by atoms with van der Waals surface area (Å²) in [5.74, 6) is -0.439. The van der Waals surface area contributed by atoms with Gasteiger partial charge in [-0.2, -0.15) is 0 Å². The third kappa shape index (κ3) is 3.95. The Kier molecular flexibility index (Phi) is 4.88. The molecule has 0 amide bonds. The number of hydrogen-bond acceptors (Lipinski definition) is 6. The lowest BCUT2D eigenvalue weighted by Crippen LogP contribution is -2.40. The lowest BCUT2D eigenvalue weighted by molar-refractivity contribution is -0.167. The molecule has 1 heterocycles. The van der Waals surface area contributed by atoms with Gasteiger partial charge >= 0.3 is 11.9 Å². The van der Waals surface area contributed by atoms with Crippen molar-refractivity contribution in [1.29, 1.82) is 0 Å². The summed E-state index contributed by atoms with van der Waals surface area (Å²) in [6, 6.07) is 0. The Labute approximate surface area is 125 Å². The molecule has 1 aliphatic carbocycles. The first-order chi connectivity index (χ1) is 9.79. The van der Waals surface area contributed by atoms with E-state index < -0.39 is 30.4 Å². The van der Waals surface area contributed by atoms with Crippen LogP contribution in [0, 0.1) is 11.8 Å². The van der Waals surface area contributed by atoms with Crippen molar-refractivity contribution in [3.63, 3.8) is 0 Å². The predicted octanol–water partition coefficient (Wildman–Crippen LogP) is 1.66. The first-order valence-corrected chi connectivity index (χ1v) is 7.51. The highest BCUT2D eigenvalue weighted by Crippen LogP contribution is 2.45. The Morgan fingerprint density at radius 1 is 0.952 bits per heavy atom. The molecule has 1 saturated heterocycles. The predicted molar refractivity (Wildman–Crippen MR) is 73.3 cm³/mol. The molecule has 0 radical (unpaired) electrons. The summed E-state index contributed by atoms with van der Waals surface area (Å²) in [4.78, 5) is 24.2. The number of carbonyl (C=O) groups excluding carboxylic acids is 2. The van der Waals surface area contributed by atoms with Gasteiger partial charge in [-0.1, -0.05) is 6.92 Å². The van der Waals surface area contributed by atoms with Crippen molar-refractivity contribution in [3.8, 4) is 0 Å². The fraction of sp³-hybridized carbons (Fsp3) is 0.867. The average Bonchev–Trinajstić information content (AvgIpc) is 2.90. The van der Waals surface area contributed by atoms with Crippen LogP contribution in [0.4, 0.5) is 0 Å². The van der Waals surface area contributed by atoms with Gasteiger partial charge in [-0.05, 0) is 40.0 Å². The summed E-state index contributed by atoms with van der Waals surface area (Å²) in [5.41, 5.74) is 0. The van der Waals surface area contributed by atoms with E-state index in [-0.39, 0.29) is 18.1 Å². The molecule has 0 aromatic heterocycles. The summed E-state index contributed by atoms with van der Waals surface area (Å²) < 4.78 is 21.6. The molecule has 2 fully saturated rings. The second-order valence-electron chi connectivity index (χ2n) is 6.33. The number of hydrogen-bond donors (Lipinski definition) is 0.